The Balaban J connectivity index is 1.40. The highest BCUT2D eigenvalue weighted by molar-refractivity contribution is 6.35. The van der Waals surface area contributed by atoms with Crippen molar-refractivity contribution in [3.05, 3.63) is 64.8 Å². The van der Waals surface area contributed by atoms with Gasteiger partial charge in [-0.05, 0) is 42.5 Å². The van der Waals surface area contributed by atoms with E-state index in [9.17, 15) is 4.79 Å². The van der Waals surface area contributed by atoms with Crippen molar-refractivity contribution in [1.29, 1.82) is 0 Å². The number of nitrogens with zero attached hydrogens (tertiary/aromatic N) is 1. The summed E-state index contributed by atoms with van der Waals surface area (Å²) < 4.78 is 11.0. The Morgan fingerprint density at radius 2 is 1.96 bits per heavy atom. The molecule has 7 heteroatoms. The minimum atomic E-state index is -0.262. The quantitative estimate of drug-likeness (QED) is 0.616. The molecule has 0 bridgehead atoms. The number of aromatic nitrogens is 1. The molecule has 0 saturated heterocycles. The first-order valence-corrected chi connectivity index (χ1v) is 8.69. The molecule has 0 aliphatic rings. The molecule has 0 unspecified atom stereocenters. The summed E-state index contributed by atoms with van der Waals surface area (Å²) in [5.41, 5.74) is 0.908. The Bertz CT molecular complexity index is 918. The van der Waals surface area contributed by atoms with Gasteiger partial charge in [0, 0.05) is 16.6 Å². The van der Waals surface area contributed by atoms with Gasteiger partial charge in [0.05, 0.1) is 17.1 Å². The zero-order valence-corrected chi connectivity index (χ0v) is 15.3. The molecule has 0 saturated carbocycles. The van der Waals surface area contributed by atoms with E-state index in [4.69, 9.17) is 32.7 Å². The molecule has 1 N–H and O–H groups in total. The van der Waals surface area contributed by atoms with Crippen molar-refractivity contribution < 1.29 is 14.3 Å². The van der Waals surface area contributed by atoms with Crippen LogP contribution in [0.25, 0.3) is 10.9 Å². The third-order valence-corrected chi connectivity index (χ3v) is 4.05. The molecule has 0 atom stereocenters. The lowest BCUT2D eigenvalue weighted by Gasteiger charge is -2.10. The molecule has 3 aromatic rings. The van der Waals surface area contributed by atoms with Crippen LogP contribution >= 0.6 is 23.2 Å². The zero-order chi connectivity index (χ0) is 18.4. The van der Waals surface area contributed by atoms with Gasteiger partial charge in [-0.2, -0.15) is 0 Å². The predicted molar refractivity (Wildman–Crippen MR) is 102 cm³/mol. The smallest absolute Gasteiger partial charge is 0.258 e. The van der Waals surface area contributed by atoms with Gasteiger partial charge in [-0.3, -0.25) is 9.78 Å². The summed E-state index contributed by atoms with van der Waals surface area (Å²) in [7, 11) is 0. The van der Waals surface area contributed by atoms with Crippen molar-refractivity contribution in [1.82, 2.24) is 10.3 Å². The molecule has 1 heterocycles. The minimum absolute atomic E-state index is 0.136. The average molecular weight is 391 g/mol. The zero-order valence-electron chi connectivity index (χ0n) is 13.7. The standard InChI is InChI=1S/C19H16Cl2N2O3/c20-14-3-6-18(16(21)11-14)26-12-19(24)23-8-9-25-15-4-5-17-13(10-15)2-1-7-22-17/h1-7,10-11H,8-9,12H2,(H,23,24). The maximum absolute atomic E-state index is 11.8. The van der Waals surface area contributed by atoms with Crippen LogP contribution in [0.15, 0.2) is 54.7 Å². The van der Waals surface area contributed by atoms with Gasteiger partial charge in [0.15, 0.2) is 6.61 Å². The summed E-state index contributed by atoms with van der Waals surface area (Å²) in [4.78, 5) is 16.1. The third kappa shape index (κ3) is 5.00. The fourth-order valence-corrected chi connectivity index (χ4v) is 2.75. The molecule has 0 aliphatic carbocycles. The summed E-state index contributed by atoms with van der Waals surface area (Å²) in [6.45, 7) is 0.573. The lowest BCUT2D eigenvalue weighted by atomic mass is 10.2. The van der Waals surface area contributed by atoms with Crippen LogP contribution in [0.4, 0.5) is 0 Å². The van der Waals surface area contributed by atoms with Crippen molar-refractivity contribution >= 4 is 40.0 Å². The number of amides is 1. The van der Waals surface area contributed by atoms with Crippen LogP contribution in [0.5, 0.6) is 11.5 Å². The van der Waals surface area contributed by atoms with E-state index in [2.05, 4.69) is 10.3 Å². The van der Waals surface area contributed by atoms with Crippen molar-refractivity contribution in [3.63, 3.8) is 0 Å². The molecule has 0 radical (unpaired) electrons. The lowest BCUT2D eigenvalue weighted by molar-refractivity contribution is -0.123. The van der Waals surface area contributed by atoms with E-state index < -0.39 is 0 Å². The van der Waals surface area contributed by atoms with Crippen LogP contribution in [0.2, 0.25) is 10.0 Å². The van der Waals surface area contributed by atoms with Gasteiger partial charge in [-0.25, -0.2) is 0 Å². The van der Waals surface area contributed by atoms with Crippen LogP contribution in [-0.2, 0) is 4.79 Å². The van der Waals surface area contributed by atoms with Crippen LogP contribution < -0.4 is 14.8 Å². The maximum atomic E-state index is 11.8. The van der Waals surface area contributed by atoms with Crippen molar-refractivity contribution in [2.75, 3.05) is 19.8 Å². The van der Waals surface area contributed by atoms with Crippen molar-refractivity contribution in [2.45, 2.75) is 0 Å². The van der Waals surface area contributed by atoms with Crippen molar-refractivity contribution in [2.24, 2.45) is 0 Å². The largest absolute Gasteiger partial charge is 0.492 e. The number of ether oxygens (including phenoxy) is 2. The highest BCUT2D eigenvalue weighted by Gasteiger charge is 2.06. The number of pyridine rings is 1. The summed E-state index contributed by atoms with van der Waals surface area (Å²) in [6.07, 6.45) is 1.75. The van der Waals surface area contributed by atoms with E-state index in [0.717, 1.165) is 16.7 Å². The van der Waals surface area contributed by atoms with Crippen LogP contribution in [0, 0.1) is 0 Å². The average Bonchev–Trinajstić information content (AvgIpc) is 2.64. The molecule has 0 aliphatic heterocycles. The maximum Gasteiger partial charge on any atom is 0.258 e. The first kappa shape index (κ1) is 18.3. The number of carbonyl (C=O) groups excluding carboxylic acids is 1. The summed E-state index contributed by atoms with van der Waals surface area (Å²) in [5, 5.41) is 4.59. The topological polar surface area (TPSA) is 60.5 Å². The lowest BCUT2D eigenvalue weighted by Crippen LogP contribution is -2.32. The fraction of sp³-hybridized carbons (Fsp3) is 0.158. The highest BCUT2D eigenvalue weighted by Crippen LogP contribution is 2.27. The number of carbonyl (C=O) groups is 1. The fourth-order valence-electron chi connectivity index (χ4n) is 2.29. The molecule has 0 fully saturated rings. The van der Waals surface area contributed by atoms with E-state index in [1.165, 1.54) is 0 Å². The number of rotatable bonds is 7. The van der Waals surface area contributed by atoms with Gasteiger partial charge in [0.2, 0.25) is 0 Å². The van der Waals surface area contributed by atoms with E-state index in [1.54, 1.807) is 24.4 Å². The molecular weight excluding hydrogens is 375 g/mol. The van der Waals surface area contributed by atoms with E-state index in [0.29, 0.717) is 28.9 Å². The second-order valence-electron chi connectivity index (χ2n) is 5.42. The Morgan fingerprint density at radius 1 is 1.08 bits per heavy atom. The Labute approximate surface area is 160 Å². The highest BCUT2D eigenvalue weighted by atomic mass is 35.5. The molecule has 134 valence electrons. The van der Waals surface area contributed by atoms with Gasteiger partial charge in [0.1, 0.15) is 18.1 Å². The van der Waals surface area contributed by atoms with E-state index in [-0.39, 0.29) is 12.5 Å². The number of benzene rings is 2. The normalized spacial score (nSPS) is 10.5. The minimum Gasteiger partial charge on any atom is -0.492 e. The van der Waals surface area contributed by atoms with Gasteiger partial charge < -0.3 is 14.8 Å². The first-order chi connectivity index (χ1) is 12.6. The van der Waals surface area contributed by atoms with E-state index in [1.807, 2.05) is 30.3 Å². The second kappa shape index (κ2) is 8.74. The Hall–Kier alpha value is -2.50. The number of nitrogens with one attached hydrogen (secondary N) is 1. The van der Waals surface area contributed by atoms with Gasteiger partial charge in [-0.15, -0.1) is 0 Å². The Kier molecular flexibility index (Phi) is 6.15. The molecule has 0 spiro atoms. The number of fused-ring (bicyclic) bond motifs is 1. The first-order valence-electron chi connectivity index (χ1n) is 7.94. The number of hydrogen-bond donors (Lipinski definition) is 1. The van der Waals surface area contributed by atoms with E-state index >= 15 is 0 Å². The van der Waals surface area contributed by atoms with Crippen molar-refractivity contribution in [3.8, 4) is 11.5 Å². The molecule has 1 aromatic heterocycles. The third-order valence-electron chi connectivity index (χ3n) is 3.52. The SMILES string of the molecule is O=C(COc1ccc(Cl)cc1Cl)NCCOc1ccc2ncccc2c1. The number of halogens is 2. The van der Waals surface area contributed by atoms with Gasteiger partial charge in [0.25, 0.3) is 5.91 Å². The van der Waals surface area contributed by atoms with Crippen LogP contribution in [0.3, 0.4) is 0 Å². The molecule has 3 rings (SSSR count). The molecule has 5 nitrogen and oxygen atoms in total. The van der Waals surface area contributed by atoms with Gasteiger partial charge in [-0.1, -0.05) is 29.3 Å². The molecule has 1 amide bonds. The van der Waals surface area contributed by atoms with Gasteiger partial charge >= 0.3 is 0 Å². The summed E-state index contributed by atoms with van der Waals surface area (Å²) in [6, 6.07) is 14.3. The Morgan fingerprint density at radius 3 is 2.81 bits per heavy atom. The van der Waals surface area contributed by atoms with Crippen LogP contribution in [-0.4, -0.2) is 30.6 Å². The summed E-state index contributed by atoms with van der Waals surface area (Å²) >= 11 is 11.8. The monoisotopic (exact) mass is 390 g/mol. The predicted octanol–water partition coefficient (Wildman–Crippen LogP) is 4.12. The molecule has 2 aromatic carbocycles. The summed E-state index contributed by atoms with van der Waals surface area (Å²) in [5.74, 6) is 0.874. The number of hydrogen-bond acceptors (Lipinski definition) is 4. The van der Waals surface area contributed by atoms with Crippen LogP contribution in [0.1, 0.15) is 0 Å². The molecular formula is C19H16Cl2N2O3. The second-order valence-corrected chi connectivity index (χ2v) is 6.26. The molecule has 26 heavy (non-hydrogen) atoms.